The van der Waals surface area contributed by atoms with Crippen LogP contribution in [-0.4, -0.2) is 32.4 Å². The maximum Gasteiger partial charge on any atom is 0.347 e. The van der Waals surface area contributed by atoms with Gasteiger partial charge in [0.2, 0.25) is 0 Å². The number of esters is 1. The summed E-state index contributed by atoms with van der Waals surface area (Å²) in [6.07, 6.45) is 0. The Hall–Kier alpha value is -3.22. The van der Waals surface area contributed by atoms with Gasteiger partial charge in [-0.2, -0.15) is 0 Å². The molecular weight excluding hydrogens is 340 g/mol. The lowest BCUT2D eigenvalue weighted by Gasteiger charge is -2.18. The van der Waals surface area contributed by atoms with Gasteiger partial charge in [0.25, 0.3) is 0 Å². The number of benzene rings is 2. The second kappa shape index (κ2) is 6.59. The summed E-state index contributed by atoms with van der Waals surface area (Å²) in [5.41, 5.74) is 0.847. The van der Waals surface area contributed by atoms with Crippen LogP contribution in [-0.2, 0) is 0 Å². The van der Waals surface area contributed by atoms with Crippen LogP contribution in [0.5, 0.6) is 23.0 Å². The van der Waals surface area contributed by atoms with Crippen molar-refractivity contribution in [2.75, 3.05) is 0 Å². The third-order valence-corrected chi connectivity index (χ3v) is 4.55. The first-order chi connectivity index (χ1) is 12.0. The molecule has 0 aliphatic rings. The van der Waals surface area contributed by atoms with E-state index in [4.69, 9.17) is 4.74 Å². The topological polar surface area (TPSA) is 124 Å². The molecule has 0 fully saturated rings. The van der Waals surface area contributed by atoms with Crippen molar-refractivity contribution in [2.24, 2.45) is 0 Å². The summed E-state index contributed by atoms with van der Waals surface area (Å²) in [5, 5.41) is 39.3. The highest BCUT2D eigenvalue weighted by molar-refractivity contribution is 5.98. The fourth-order valence-electron chi connectivity index (χ4n) is 2.81. The highest BCUT2D eigenvalue weighted by Crippen LogP contribution is 2.39. The predicted octanol–water partition coefficient (Wildman–Crippen LogP) is 3.26. The molecule has 0 spiro atoms. The number of aryl methyl sites for hydroxylation is 1. The van der Waals surface area contributed by atoms with E-state index >= 15 is 0 Å². The van der Waals surface area contributed by atoms with Crippen LogP contribution in [0.3, 0.4) is 0 Å². The Morgan fingerprint density at radius 2 is 1.35 bits per heavy atom. The van der Waals surface area contributed by atoms with Crippen LogP contribution < -0.4 is 4.74 Å². The molecule has 0 amide bonds. The quantitative estimate of drug-likeness (QED) is 0.489. The number of ether oxygens (including phenoxy) is 1. The molecule has 2 aromatic rings. The molecule has 0 aliphatic heterocycles. The summed E-state index contributed by atoms with van der Waals surface area (Å²) in [5.74, 6) is -3.16. The van der Waals surface area contributed by atoms with Crippen molar-refractivity contribution in [3.63, 3.8) is 0 Å². The predicted molar refractivity (Wildman–Crippen MR) is 93.5 cm³/mol. The van der Waals surface area contributed by atoms with Crippen molar-refractivity contribution in [3.05, 3.63) is 45.0 Å². The summed E-state index contributed by atoms with van der Waals surface area (Å²) in [6.45, 7) is 7.50. The van der Waals surface area contributed by atoms with Gasteiger partial charge in [0, 0.05) is 11.1 Å². The van der Waals surface area contributed by atoms with Crippen LogP contribution in [0.25, 0.3) is 0 Å². The zero-order valence-electron chi connectivity index (χ0n) is 15.1. The zero-order chi connectivity index (χ0) is 19.9. The fraction of sp³-hybridized carbons (Fsp3) is 0.263. The summed E-state index contributed by atoms with van der Waals surface area (Å²) in [6, 6.07) is 1.33. The smallest absolute Gasteiger partial charge is 0.347 e. The summed E-state index contributed by atoms with van der Waals surface area (Å²) >= 11 is 0. The van der Waals surface area contributed by atoms with E-state index in [9.17, 15) is 30.0 Å². The maximum atomic E-state index is 12.6. The highest BCUT2D eigenvalue weighted by atomic mass is 16.5. The highest BCUT2D eigenvalue weighted by Gasteiger charge is 2.26. The number of carboxylic acids is 1. The van der Waals surface area contributed by atoms with Gasteiger partial charge in [0.1, 0.15) is 34.1 Å². The Kier molecular flexibility index (Phi) is 4.84. The van der Waals surface area contributed by atoms with E-state index in [0.717, 1.165) is 0 Å². The minimum Gasteiger partial charge on any atom is -0.508 e. The molecule has 0 aliphatic carbocycles. The minimum absolute atomic E-state index is 0.0273. The molecule has 7 heteroatoms. The van der Waals surface area contributed by atoms with E-state index in [2.05, 4.69) is 0 Å². The van der Waals surface area contributed by atoms with Gasteiger partial charge in [-0.25, -0.2) is 9.59 Å². The number of hydrogen-bond acceptors (Lipinski definition) is 6. The SMILES string of the molecule is Cc1cc(O)c(C)c(O)c1C(=O)Oc1c(C)c(C)c(C(=O)O)c(O)c1C. The van der Waals surface area contributed by atoms with E-state index in [0.29, 0.717) is 11.1 Å². The Morgan fingerprint density at radius 3 is 1.88 bits per heavy atom. The van der Waals surface area contributed by atoms with Gasteiger partial charge in [0.05, 0.1) is 0 Å². The summed E-state index contributed by atoms with van der Waals surface area (Å²) in [4.78, 5) is 23.9. The molecule has 0 saturated heterocycles. The first-order valence-corrected chi connectivity index (χ1v) is 7.79. The van der Waals surface area contributed by atoms with E-state index in [1.165, 1.54) is 33.8 Å². The number of aromatic carboxylic acids is 1. The standard InChI is InChI=1S/C19H20O7/c1-7-6-12(20)10(4)15(21)13(7)19(25)26-17-9(3)8(2)14(18(23)24)16(22)11(17)5/h6,20-22H,1-5H3,(H,23,24). The number of aromatic hydroxyl groups is 3. The molecular formula is C19H20O7. The molecule has 26 heavy (non-hydrogen) atoms. The van der Waals surface area contributed by atoms with Crippen LogP contribution in [0.1, 0.15) is 48.5 Å². The van der Waals surface area contributed by atoms with Gasteiger partial charge < -0.3 is 25.2 Å². The second-order valence-electron chi connectivity index (χ2n) is 6.18. The first-order valence-electron chi connectivity index (χ1n) is 7.79. The van der Waals surface area contributed by atoms with Crippen molar-refractivity contribution in [2.45, 2.75) is 34.6 Å². The number of carboxylic acid groups (broad SMARTS) is 1. The second-order valence-corrected chi connectivity index (χ2v) is 6.18. The van der Waals surface area contributed by atoms with Gasteiger partial charge in [0.15, 0.2) is 0 Å². The molecule has 0 unspecified atom stereocenters. The Morgan fingerprint density at radius 1 is 0.808 bits per heavy atom. The third kappa shape index (κ3) is 2.92. The van der Waals surface area contributed by atoms with Crippen molar-refractivity contribution < 1.29 is 34.8 Å². The van der Waals surface area contributed by atoms with Gasteiger partial charge in [-0.05, 0) is 57.4 Å². The van der Waals surface area contributed by atoms with Crippen molar-refractivity contribution in [3.8, 4) is 23.0 Å². The molecule has 138 valence electrons. The van der Waals surface area contributed by atoms with Gasteiger partial charge in [-0.1, -0.05) is 0 Å². The van der Waals surface area contributed by atoms with E-state index in [1.54, 1.807) is 6.92 Å². The van der Waals surface area contributed by atoms with Crippen LogP contribution in [0.2, 0.25) is 0 Å². The molecule has 4 N–H and O–H groups in total. The molecule has 0 atom stereocenters. The molecule has 0 aromatic heterocycles. The number of phenolic OH excluding ortho intramolecular Hbond substituents is 2. The number of phenols is 3. The fourth-order valence-corrected chi connectivity index (χ4v) is 2.81. The summed E-state index contributed by atoms with van der Waals surface area (Å²) < 4.78 is 5.38. The minimum atomic E-state index is -1.29. The van der Waals surface area contributed by atoms with Crippen LogP contribution in [0.4, 0.5) is 0 Å². The van der Waals surface area contributed by atoms with Crippen molar-refractivity contribution in [1.29, 1.82) is 0 Å². The normalized spacial score (nSPS) is 10.7. The number of carbonyl (C=O) groups excluding carboxylic acids is 1. The number of hydrogen-bond donors (Lipinski definition) is 4. The molecule has 2 rings (SSSR count). The largest absolute Gasteiger partial charge is 0.508 e. The first kappa shape index (κ1) is 19.1. The van der Waals surface area contributed by atoms with E-state index < -0.39 is 23.4 Å². The number of rotatable bonds is 3. The van der Waals surface area contributed by atoms with Gasteiger partial charge in [-0.3, -0.25) is 0 Å². The Labute approximate surface area is 150 Å². The maximum absolute atomic E-state index is 12.6. The Balaban J connectivity index is 2.59. The van der Waals surface area contributed by atoms with Crippen LogP contribution in [0, 0.1) is 34.6 Å². The van der Waals surface area contributed by atoms with Crippen LogP contribution in [0.15, 0.2) is 6.07 Å². The van der Waals surface area contributed by atoms with Crippen molar-refractivity contribution in [1.82, 2.24) is 0 Å². The van der Waals surface area contributed by atoms with E-state index in [1.807, 2.05) is 0 Å². The monoisotopic (exact) mass is 360 g/mol. The van der Waals surface area contributed by atoms with E-state index in [-0.39, 0.29) is 39.3 Å². The molecule has 2 aromatic carbocycles. The van der Waals surface area contributed by atoms with Crippen molar-refractivity contribution >= 4 is 11.9 Å². The lowest BCUT2D eigenvalue weighted by molar-refractivity contribution is 0.0692. The van der Waals surface area contributed by atoms with Crippen LogP contribution >= 0.6 is 0 Å². The lowest BCUT2D eigenvalue weighted by atomic mass is 9.97. The average molecular weight is 360 g/mol. The summed E-state index contributed by atoms with van der Waals surface area (Å²) in [7, 11) is 0. The van der Waals surface area contributed by atoms with Gasteiger partial charge in [-0.15, -0.1) is 0 Å². The molecule has 0 heterocycles. The molecule has 0 saturated carbocycles. The number of carbonyl (C=O) groups is 2. The third-order valence-electron chi connectivity index (χ3n) is 4.55. The molecule has 0 bridgehead atoms. The molecule has 0 radical (unpaired) electrons. The Bertz CT molecular complexity index is 913. The van der Waals surface area contributed by atoms with Gasteiger partial charge >= 0.3 is 11.9 Å². The average Bonchev–Trinajstić information content (AvgIpc) is 2.54. The molecule has 7 nitrogen and oxygen atoms in total. The zero-order valence-corrected chi connectivity index (χ0v) is 15.1. The lowest BCUT2D eigenvalue weighted by Crippen LogP contribution is -2.14.